The lowest BCUT2D eigenvalue weighted by atomic mass is 10.2. The second-order valence-electron chi connectivity index (χ2n) is 6.30. The van der Waals surface area contributed by atoms with Crippen molar-refractivity contribution < 1.29 is 12.8 Å². The molecule has 3 aromatic heterocycles. The molecule has 0 radical (unpaired) electrons. The molecular weight excluding hydrogens is 340 g/mol. The molecule has 4 heterocycles. The van der Waals surface area contributed by atoms with Gasteiger partial charge >= 0.3 is 0 Å². The maximum absolute atomic E-state index is 11.9. The highest BCUT2D eigenvalue weighted by atomic mass is 32.2. The molecule has 7 nitrogen and oxygen atoms in total. The predicted molar refractivity (Wildman–Crippen MR) is 92.7 cm³/mol. The molecule has 0 unspecified atom stereocenters. The van der Waals surface area contributed by atoms with Gasteiger partial charge in [0.05, 0.1) is 23.1 Å². The maximum atomic E-state index is 11.9. The van der Waals surface area contributed by atoms with Crippen LogP contribution in [0.5, 0.6) is 0 Å². The standard InChI is InChI=1S/C17H18N4O3S/c1-11-9-14(12(2)24-11)17-19-16(15-5-3-4-7-18-15)20-21(17)13-6-8-25(22,23)10-13/h3-5,7,9,13H,6,8,10H2,1-2H3/t13-/m1/s1. The minimum Gasteiger partial charge on any atom is -0.466 e. The Hall–Kier alpha value is -2.48. The van der Waals surface area contributed by atoms with Crippen LogP contribution in [-0.4, -0.2) is 39.7 Å². The van der Waals surface area contributed by atoms with E-state index in [-0.39, 0.29) is 17.5 Å². The van der Waals surface area contributed by atoms with Crippen molar-refractivity contribution in [3.05, 3.63) is 42.0 Å². The van der Waals surface area contributed by atoms with Gasteiger partial charge in [0.15, 0.2) is 21.5 Å². The van der Waals surface area contributed by atoms with Crippen molar-refractivity contribution in [2.24, 2.45) is 0 Å². The van der Waals surface area contributed by atoms with Gasteiger partial charge in [-0.05, 0) is 38.5 Å². The van der Waals surface area contributed by atoms with E-state index >= 15 is 0 Å². The average Bonchev–Trinajstić information content (AvgIpc) is 3.24. The number of nitrogens with zero attached hydrogens (tertiary/aromatic N) is 4. The number of hydrogen-bond acceptors (Lipinski definition) is 6. The van der Waals surface area contributed by atoms with Crippen LogP contribution in [0.1, 0.15) is 24.0 Å². The molecule has 4 rings (SSSR count). The molecule has 130 valence electrons. The van der Waals surface area contributed by atoms with Gasteiger partial charge in [-0.1, -0.05) is 6.07 Å². The van der Waals surface area contributed by atoms with Gasteiger partial charge in [-0.3, -0.25) is 4.98 Å². The van der Waals surface area contributed by atoms with Gasteiger partial charge in [0.25, 0.3) is 0 Å². The summed E-state index contributed by atoms with van der Waals surface area (Å²) in [5, 5.41) is 4.59. The van der Waals surface area contributed by atoms with E-state index in [1.165, 1.54) is 0 Å². The Morgan fingerprint density at radius 3 is 2.72 bits per heavy atom. The van der Waals surface area contributed by atoms with Gasteiger partial charge in [0, 0.05) is 6.20 Å². The second kappa shape index (κ2) is 5.80. The summed E-state index contributed by atoms with van der Waals surface area (Å²) in [5.41, 5.74) is 1.48. The SMILES string of the molecule is Cc1cc(-c2nc(-c3ccccn3)nn2[C@@H]2CCS(=O)(=O)C2)c(C)o1. The van der Waals surface area contributed by atoms with Gasteiger partial charge in [-0.25, -0.2) is 18.1 Å². The Balaban J connectivity index is 1.86. The van der Waals surface area contributed by atoms with Crippen LogP contribution < -0.4 is 0 Å². The molecule has 0 saturated carbocycles. The highest BCUT2D eigenvalue weighted by Gasteiger charge is 2.33. The second-order valence-corrected chi connectivity index (χ2v) is 8.53. The van der Waals surface area contributed by atoms with Crippen molar-refractivity contribution in [3.63, 3.8) is 0 Å². The molecule has 25 heavy (non-hydrogen) atoms. The van der Waals surface area contributed by atoms with Crippen LogP contribution in [0.3, 0.4) is 0 Å². The normalized spacial score (nSPS) is 19.4. The third-order valence-corrected chi connectivity index (χ3v) is 6.11. The van der Waals surface area contributed by atoms with Crippen molar-refractivity contribution in [3.8, 4) is 22.9 Å². The van der Waals surface area contributed by atoms with Crippen LogP contribution in [0.4, 0.5) is 0 Å². The van der Waals surface area contributed by atoms with E-state index in [2.05, 4.69) is 15.1 Å². The van der Waals surface area contributed by atoms with Crippen LogP contribution >= 0.6 is 0 Å². The zero-order chi connectivity index (χ0) is 17.6. The van der Waals surface area contributed by atoms with E-state index in [9.17, 15) is 8.42 Å². The molecule has 0 aromatic carbocycles. The van der Waals surface area contributed by atoms with E-state index in [1.54, 1.807) is 10.9 Å². The maximum Gasteiger partial charge on any atom is 0.200 e. The summed E-state index contributed by atoms with van der Waals surface area (Å²) in [5.74, 6) is 2.88. The molecule has 1 aliphatic heterocycles. The molecule has 0 amide bonds. The first-order chi connectivity index (χ1) is 11.9. The first kappa shape index (κ1) is 16.0. The Bertz CT molecular complexity index is 1020. The van der Waals surface area contributed by atoms with Gasteiger partial charge in [-0.2, -0.15) is 0 Å². The molecule has 1 fully saturated rings. The Morgan fingerprint density at radius 2 is 2.12 bits per heavy atom. The Morgan fingerprint density at radius 1 is 1.28 bits per heavy atom. The largest absolute Gasteiger partial charge is 0.466 e. The number of aryl methyl sites for hydroxylation is 2. The van der Waals surface area contributed by atoms with E-state index in [0.29, 0.717) is 23.8 Å². The molecule has 1 atom stereocenters. The van der Waals surface area contributed by atoms with Crippen molar-refractivity contribution >= 4 is 9.84 Å². The summed E-state index contributed by atoms with van der Waals surface area (Å²) in [7, 11) is -3.03. The first-order valence-electron chi connectivity index (χ1n) is 8.09. The van der Waals surface area contributed by atoms with Crippen molar-refractivity contribution in [2.75, 3.05) is 11.5 Å². The Labute approximate surface area is 145 Å². The monoisotopic (exact) mass is 358 g/mol. The third-order valence-electron chi connectivity index (χ3n) is 4.36. The molecule has 0 spiro atoms. The van der Waals surface area contributed by atoms with E-state index in [0.717, 1.165) is 17.1 Å². The van der Waals surface area contributed by atoms with Crippen LogP contribution in [0, 0.1) is 13.8 Å². The molecule has 1 aliphatic rings. The minimum absolute atomic E-state index is 0.0842. The van der Waals surface area contributed by atoms with E-state index in [1.807, 2.05) is 38.1 Å². The summed E-state index contributed by atoms with van der Waals surface area (Å²) < 4.78 is 31.2. The predicted octanol–water partition coefficient (Wildman–Crippen LogP) is 2.58. The number of aromatic nitrogens is 4. The quantitative estimate of drug-likeness (QED) is 0.715. The lowest BCUT2D eigenvalue weighted by molar-refractivity contribution is 0.496. The van der Waals surface area contributed by atoms with E-state index < -0.39 is 9.84 Å². The summed E-state index contributed by atoms with van der Waals surface area (Å²) >= 11 is 0. The van der Waals surface area contributed by atoms with Gasteiger partial charge < -0.3 is 4.42 Å². The summed E-state index contributed by atoms with van der Waals surface area (Å²) in [6, 6.07) is 7.22. The minimum atomic E-state index is -3.03. The smallest absolute Gasteiger partial charge is 0.200 e. The van der Waals surface area contributed by atoms with Crippen molar-refractivity contribution in [2.45, 2.75) is 26.3 Å². The topological polar surface area (TPSA) is 90.9 Å². The molecule has 0 aliphatic carbocycles. The highest BCUT2D eigenvalue weighted by Crippen LogP contribution is 2.32. The molecule has 0 N–H and O–H groups in total. The summed E-state index contributed by atoms with van der Waals surface area (Å²) in [4.78, 5) is 8.95. The van der Waals surface area contributed by atoms with Crippen LogP contribution in [0.15, 0.2) is 34.9 Å². The lowest BCUT2D eigenvalue weighted by Crippen LogP contribution is -2.14. The number of sulfone groups is 1. The first-order valence-corrected chi connectivity index (χ1v) is 9.91. The zero-order valence-electron chi connectivity index (χ0n) is 14.0. The fourth-order valence-electron chi connectivity index (χ4n) is 3.19. The zero-order valence-corrected chi connectivity index (χ0v) is 14.8. The molecular formula is C17H18N4O3S. The number of rotatable bonds is 3. The fourth-order valence-corrected chi connectivity index (χ4v) is 4.88. The summed E-state index contributed by atoms with van der Waals surface area (Å²) in [6.07, 6.45) is 2.22. The van der Waals surface area contributed by atoms with E-state index in [4.69, 9.17) is 4.42 Å². The molecule has 8 heteroatoms. The molecule has 0 bridgehead atoms. The fraction of sp³-hybridized carbons (Fsp3) is 0.353. The number of pyridine rings is 1. The molecule has 1 saturated heterocycles. The van der Waals surface area contributed by atoms with Crippen molar-refractivity contribution in [1.29, 1.82) is 0 Å². The third kappa shape index (κ3) is 2.97. The van der Waals surface area contributed by atoms with Gasteiger partial charge in [0.1, 0.15) is 17.2 Å². The number of hydrogen-bond donors (Lipinski definition) is 0. The average molecular weight is 358 g/mol. The molecule has 3 aromatic rings. The number of furan rings is 1. The van der Waals surface area contributed by atoms with Gasteiger partial charge in [-0.15, -0.1) is 5.10 Å². The van der Waals surface area contributed by atoms with Crippen LogP contribution in [0.25, 0.3) is 22.9 Å². The van der Waals surface area contributed by atoms with Gasteiger partial charge in [0.2, 0.25) is 0 Å². The van der Waals surface area contributed by atoms with Crippen LogP contribution in [-0.2, 0) is 9.84 Å². The van der Waals surface area contributed by atoms with Crippen molar-refractivity contribution in [1.82, 2.24) is 19.7 Å². The van der Waals surface area contributed by atoms with Crippen LogP contribution in [0.2, 0.25) is 0 Å². The summed E-state index contributed by atoms with van der Waals surface area (Å²) in [6.45, 7) is 3.74. The highest BCUT2D eigenvalue weighted by molar-refractivity contribution is 7.91. The lowest BCUT2D eigenvalue weighted by Gasteiger charge is -2.11. The Kier molecular flexibility index (Phi) is 3.72.